The second-order valence-corrected chi connectivity index (χ2v) is 14.2. The Bertz CT molecular complexity index is 785. The summed E-state index contributed by atoms with van der Waals surface area (Å²) < 4.78 is 0. The van der Waals surface area contributed by atoms with E-state index in [1.54, 1.807) is 0 Å². The molecular formula is C28H38Br2N2Ni. The van der Waals surface area contributed by atoms with Crippen molar-refractivity contribution >= 4 is 52.3 Å². The van der Waals surface area contributed by atoms with Crippen LogP contribution < -0.4 is 0 Å². The molecule has 0 spiro atoms. The van der Waals surface area contributed by atoms with Crippen LogP contribution in [0.5, 0.6) is 0 Å². The molecule has 184 valence electrons. The third-order valence-corrected chi connectivity index (χ3v) is 6.51. The predicted octanol–water partition coefficient (Wildman–Crippen LogP) is 10.1. The first kappa shape index (κ1) is 28.5. The third kappa shape index (κ3) is 10.2. The van der Waals surface area contributed by atoms with Crippen molar-refractivity contribution in [3.63, 3.8) is 0 Å². The summed E-state index contributed by atoms with van der Waals surface area (Å²) in [6.07, 6.45) is 15.2. The maximum atomic E-state index is 4.66. The second kappa shape index (κ2) is 16.0. The Kier molecular flexibility index (Phi) is 13.8. The van der Waals surface area contributed by atoms with Gasteiger partial charge in [0.1, 0.15) is 0 Å². The maximum absolute atomic E-state index is 4.66. The first-order chi connectivity index (χ1) is 16.0. The minimum atomic E-state index is 0.726. The average molecular weight is 621 g/mol. The summed E-state index contributed by atoms with van der Waals surface area (Å²) in [4.78, 5) is 9.32. The van der Waals surface area contributed by atoms with Gasteiger partial charge in [-0.2, -0.15) is 0 Å². The van der Waals surface area contributed by atoms with E-state index in [0.29, 0.717) is 0 Å². The van der Waals surface area contributed by atoms with Gasteiger partial charge in [-0.3, -0.25) is 9.98 Å². The molecule has 2 saturated carbocycles. The molecule has 2 aromatic carbocycles. The van der Waals surface area contributed by atoms with Crippen molar-refractivity contribution in [1.82, 2.24) is 0 Å². The molecule has 2 aliphatic carbocycles. The van der Waals surface area contributed by atoms with E-state index in [1.165, 1.54) is 95.9 Å². The summed E-state index contributed by atoms with van der Waals surface area (Å²) in [6, 6.07) is 12.7. The number of aliphatic imine (C=N–C) groups is 2. The van der Waals surface area contributed by atoms with Crippen molar-refractivity contribution in [1.29, 1.82) is 0 Å². The average Bonchev–Trinajstić information content (AvgIpc) is 3.49. The van der Waals surface area contributed by atoms with Crippen LogP contribution in [0.25, 0.3) is 0 Å². The van der Waals surface area contributed by atoms with Gasteiger partial charge < -0.3 is 0 Å². The van der Waals surface area contributed by atoms with Gasteiger partial charge in [0.05, 0.1) is 11.4 Å². The Morgan fingerprint density at radius 1 is 0.636 bits per heavy atom. The van der Waals surface area contributed by atoms with Crippen molar-refractivity contribution in [3.8, 4) is 0 Å². The van der Waals surface area contributed by atoms with Crippen LogP contribution in [0.3, 0.4) is 0 Å². The van der Waals surface area contributed by atoms with Gasteiger partial charge in [0, 0.05) is 12.4 Å². The summed E-state index contributed by atoms with van der Waals surface area (Å²) >= 11 is 6.00. The van der Waals surface area contributed by atoms with E-state index in [-0.39, 0.29) is 0 Å². The normalized spacial score (nSPS) is 16.8. The fraction of sp³-hybridized carbons (Fsp3) is 0.500. The zero-order valence-electron chi connectivity index (χ0n) is 20.4. The standard InChI is InChI=1S/2C14H19N.2BrH.Ni/c2*1-11-6-5-7-12(2)14(11)15-10-13-8-3-4-9-13;;;/h2*5-7,10,13H,3-4,8-9H2,1-2H3;2*1H;/q;;;;+2/p-2. The molecule has 0 N–H and O–H groups in total. The first-order valence-corrected chi connectivity index (χ1v) is 16.9. The van der Waals surface area contributed by atoms with E-state index in [4.69, 9.17) is 0 Å². The van der Waals surface area contributed by atoms with Crippen LogP contribution in [0.1, 0.15) is 73.6 Å². The Morgan fingerprint density at radius 2 is 0.909 bits per heavy atom. The van der Waals surface area contributed by atoms with Gasteiger partial charge in [0.2, 0.25) is 0 Å². The van der Waals surface area contributed by atoms with Gasteiger partial charge in [-0.05, 0) is 87.5 Å². The molecule has 33 heavy (non-hydrogen) atoms. The van der Waals surface area contributed by atoms with Gasteiger partial charge in [0.15, 0.2) is 0 Å². The Balaban J connectivity index is 0.000000209. The van der Waals surface area contributed by atoms with Gasteiger partial charge in [0.25, 0.3) is 0 Å². The van der Waals surface area contributed by atoms with Crippen molar-refractivity contribution in [2.75, 3.05) is 0 Å². The molecule has 4 rings (SSSR count). The zero-order chi connectivity index (χ0) is 24.1. The van der Waals surface area contributed by atoms with Gasteiger partial charge in [-0.15, -0.1) is 0 Å². The van der Waals surface area contributed by atoms with Crippen molar-refractivity contribution in [3.05, 3.63) is 58.7 Å². The number of nitrogens with zero attached hydrogens (tertiary/aromatic N) is 2. The Hall–Kier alpha value is -0.766. The first-order valence-electron chi connectivity index (χ1n) is 12.0. The van der Waals surface area contributed by atoms with Crippen LogP contribution in [-0.2, 0) is 10.9 Å². The third-order valence-electron chi connectivity index (χ3n) is 6.51. The van der Waals surface area contributed by atoms with Crippen LogP contribution in [0.15, 0.2) is 46.4 Å². The molecule has 0 radical (unpaired) electrons. The van der Waals surface area contributed by atoms with Crippen molar-refractivity contribution < 1.29 is 10.9 Å². The molecule has 0 aromatic heterocycles. The second-order valence-electron chi connectivity index (χ2n) is 9.17. The van der Waals surface area contributed by atoms with Gasteiger partial charge >= 0.3 is 39.3 Å². The summed E-state index contributed by atoms with van der Waals surface area (Å²) in [5.41, 5.74) is 7.47. The minimum absolute atomic E-state index is 0.726. The zero-order valence-corrected chi connectivity index (χ0v) is 24.6. The quantitative estimate of drug-likeness (QED) is 0.240. The molecule has 5 heteroatoms. The van der Waals surface area contributed by atoms with Crippen molar-refractivity contribution in [2.45, 2.75) is 79.1 Å². The van der Waals surface area contributed by atoms with E-state index < -0.39 is 0 Å². The monoisotopic (exact) mass is 618 g/mol. The van der Waals surface area contributed by atoms with E-state index in [1.807, 2.05) is 0 Å². The number of rotatable bonds is 4. The van der Waals surface area contributed by atoms with Crippen LogP contribution in [-0.4, -0.2) is 12.4 Å². The number of benzene rings is 2. The van der Waals surface area contributed by atoms with Gasteiger partial charge in [-0.1, -0.05) is 62.1 Å². The molecular weight excluding hydrogens is 583 g/mol. The molecule has 2 nitrogen and oxygen atoms in total. The number of para-hydroxylation sites is 2. The molecule has 0 unspecified atom stereocenters. The summed E-state index contributed by atoms with van der Waals surface area (Å²) in [5, 5.41) is 0. The van der Waals surface area contributed by atoms with E-state index in [2.05, 4.69) is 115 Å². The Morgan fingerprint density at radius 3 is 1.18 bits per heavy atom. The van der Waals surface area contributed by atoms with Crippen LogP contribution in [0, 0.1) is 39.5 Å². The van der Waals surface area contributed by atoms with E-state index >= 15 is 0 Å². The van der Waals surface area contributed by atoms with Crippen LogP contribution in [0.2, 0.25) is 0 Å². The predicted molar refractivity (Wildman–Crippen MR) is 150 cm³/mol. The number of halogens is 2. The van der Waals surface area contributed by atoms with Crippen molar-refractivity contribution in [2.24, 2.45) is 21.8 Å². The molecule has 2 fully saturated rings. The Labute approximate surface area is 221 Å². The fourth-order valence-corrected chi connectivity index (χ4v) is 4.59. The molecule has 0 amide bonds. The molecule has 0 atom stereocenters. The van der Waals surface area contributed by atoms with E-state index in [0.717, 1.165) is 11.8 Å². The molecule has 0 saturated heterocycles. The van der Waals surface area contributed by atoms with Gasteiger partial charge in [-0.25, -0.2) is 0 Å². The summed E-state index contributed by atoms with van der Waals surface area (Å²) in [6.45, 7) is 8.53. The van der Waals surface area contributed by atoms with Crippen LogP contribution >= 0.6 is 28.5 Å². The topological polar surface area (TPSA) is 24.7 Å². The molecule has 0 aliphatic heterocycles. The van der Waals surface area contributed by atoms with E-state index in [9.17, 15) is 0 Å². The molecule has 0 bridgehead atoms. The van der Waals surface area contributed by atoms with Crippen LogP contribution in [0.4, 0.5) is 11.4 Å². The molecule has 2 aliphatic rings. The number of hydrogen-bond acceptors (Lipinski definition) is 2. The summed E-state index contributed by atoms with van der Waals surface area (Å²) in [7, 11) is 1.25. The molecule has 0 heterocycles. The number of hydrogen-bond donors (Lipinski definition) is 0. The SMILES string of the molecule is Cc1cccc(C)c1N=CC1CCCC1.Cc1cccc(C)c1N=CC1CCCC1.[Br][Ni][Br]. The fourth-order valence-electron chi connectivity index (χ4n) is 4.59. The molecule has 2 aromatic rings. The number of aryl methyl sites for hydroxylation is 4. The summed E-state index contributed by atoms with van der Waals surface area (Å²) in [5.74, 6) is 1.45.